The lowest BCUT2D eigenvalue weighted by Crippen LogP contribution is -2.41. The van der Waals surface area contributed by atoms with Crippen molar-refractivity contribution < 1.29 is 13.2 Å². The molecule has 0 unspecified atom stereocenters. The molecule has 1 saturated heterocycles. The summed E-state index contributed by atoms with van der Waals surface area (Å²) in [6, 6.07) is 1.43. The zero-order valence-electron chi connectivity index (χ0n) is 9.42. The second kappa shape index (κ2) is 5.58. The molecule has 2 heterocycles. The molecule has 0 aromatic carbocycles. The van der Waals surface area contributed by atoms with Crippen LogP contribution in [0.1, 0.15) is 0 Å². The molecule has 2 rings (SSSR count). The number of rotatable bonds is 5. The first-order valence-corrected chi connectivity index (χ1v) is 6.96. The summed E-state index contributed by atoms with van der Waals surface area (Å²) in [5.74, 6) is 0. The van der Waals surface area contributed by atoms with E-state index in [9.17, 15) is 8.42 Å². The minimum Gasteiger partial charge on any atom is -0.379 e. The molecule has 96 valence electrons. The minimum atomic E-state index is -3.44. The molecule has 1 aliphatic heterocycles. The van der Waals surface area contributed by atoms with Crippen molar-refractivity contribution in [3.05, 3.63) is 12.3 Å². The SMILES string of the molecule is O=S(=O)(NCCN1CCOCC1)c1ccn[nH]1. The van der Waals surface area contributed by atoms with Crippen LogP contribution in [0, 0.1) is 0 Å². The van der Waals surface area contributed by atoms with Gasteiger partial charge in [-0.1, -0.05) is 0 Å². The predicted molar refractivity (Wildman–Crippen MR) is 61.0 cm³/mol. The third-order valence-electron chi connectivity index (χ3n) is 2.59. The van der Waals surface area contributed by atoms with E-state index in [4.69, 9.17) is 4.74 Å². The van der Waals surface area contributed by atoms with E-state index in [0.717, 1.165) is 13.1 Å². The van der Waals surface area contributed by atoms with Gasteiger partial charge in [0.2, 0.25) is 0 Å². The summed E-state index contributed by atoms with van der Waals surface area (Å²) in [5.41, 5.74) is 0. The van der Waals surface area contributed by atoms with Crippen molar-refractivity contribution in [2.24, 2.45) is 0 Å². The summed E-state index contributed by atoms with van der Waals surface area (Å²) >= 11 is 0. The molecule has 17 heavy (non-hydrogen) atoms. The van der Waals surface area contributed by atoms with Gasteiger partial charge in [-0.3, -0.25) is 10.00 Å². The number of aromatic amines is 1. The fraction of sp³-hybridized carbons (Fsp3) is 0.667. The summed E-state index contributed by atoms with van der Waals surface area (Å²) in [7, 11) is -3.44. The molecular weight excluding hydrogens is 244 g/mol. The highest BCUT2D eigenvalue weighted by Crippen LogP contribution is 2.02. The number of sulfonamides is 1. The Kier molecular flexibility index (Phi) is 4.11. The van der Waals surface area contributed by atoms with Crippen LogP contribution in [0.15, 0.2) is 17.3 Å². The number of ether oxygens (including phenoxy) is 1. The van der Waals surface area contributed by atoms with Gasteiger partial charge in [0.15, 0.2) is 5.03 Å². The first kappa shape index (κ1) is 12.5. The van der Waals surface area contributed by atoms with E-state index in [2.05, 4.69) is 19.8 Å². The molecule has 1 aliphatic rings. The molecule has 8 heteroatoms. The fourth-order valence-electron chi connectivity index (χ4n) is 1.63. The fourth-order valence-corrected chi connectivity index (χ4v) is 2.56. The van der Waals surface area contributed by atoms with Gasteiger partial charge in [-0.15, -0.1) is 0 Å². The van der Waals surface area contributed by atoms with Crippen molar-refractivity contribution in [3.8, 4) is 0 Å². The Morgan fingerprint density at radius 2 is 2.24 bits per heavy atom. The Labute approximate surface area is 100 Å². The van der Waals surface area contributed by atoms with E-state index in [1.54, 1.807) is 0 Å². The van der Waals surface area contributed by atoms with Gasteiger partial charge in [-0.05, 0) is 6.07 Å². The lowest BCUT2D eigenvalue weighted by Gasteiger charge is -2.26. The normalized spacial score (nSPS) is 18.4. The van der Waals surface area contributed by atoms with Crippen LogP contribution in [0.25, 0.3) is 0 Å². The third kappa shape index (κ3) is 3.50. The van der Waals surface area contributed by atoms with Gasteiger partial charge >= 0.3 is 0 Å². The number of hydrogen-bond donors (Lipinski definition) is 2. The Balaban J connectivity index is 1.78. The molecule has 1 aromatic rings. The van der Waals surface area contributed by atoms with Crippen LogP contribution in [-0.4, -0.2) is 62.9 Å². The largest absolute Gasteiger partial charge is 0.379 e. The van der Waals surface area contributed by atoms with Gasteiger partial charge < -0.3 is 4.74 Å². The van der Waals surface area contributed by atoms with E-state index >= 15 is 0 Å². The van der Waals surface area contributed by atoms with E-state index < -0.39 is 10.0 Å². The Bertz CT molecular complexity index is 425. The summed E-state index contributed by atoms with van der Waals surface area (Å²) in [4.78, 5) is 2.17. The van der Waals surface area contributed by atoms with Crippen molar-refractivity contribution >= 4 is 10.0 Å². The van der Waals surface area contributed by atoms with Crippen LogP contribution >= 0.6 is 0 Å². The molecule has 2 N–H and O–H groups in total. The molecule has 7 nitrogen and oxygen atoms in total. The van der Waals surface area contributed by atoms with E-state index in [1.807, 2.05) is 0 Å². The molecule has 0 bridgehead atoms. The van der Waals surface area contributed by atoms with Crippen molar-refractivity contribution in [1.82, 2.24) is 19.8 Å². The van der Waals surface area contributed by atoms with E-state index in [0.29, 0.717) is 26.3 Å². The van der Waals surface area contributed by atoms with Crippen molar-refractivity contribution in [3.63, 3.8) is 0 Å². The summed E-state index contributed by atoms with van der Waals surface area (Å²) in [6.07, 6.45) is 1.41. The zero-order valence-corrected chi connectivity index (χ0v) is 10.2. The van der Waals surface area contributed by atoms with Crippen molar-refractivity contribution in [2.45, 2.75) is 5.03 Å². The quantitative estimate of drug-likeness (QED) is 0.710. The number of nitrogens with one attached hydrogen (secondary N) is 2. The molecule has 0 radical (unpaired) electrons. The second-order valence-corrected chi connectivity index (χ2v) is 5.51. The lowest BCUT2D eigenvalue weighted by molar-refractivity contribution is 0.0390. The topological polar surface area (TPSA) is 87.3 Å². The molecule has 0 aliphatic carbocycles. The predicted octanol–water partition coefficient (Wildman–Crippen LogP) is -0.980. The molecule has 0 saturated carbocycles. The van der Waals surface area contributed by atoms with Gasteiger partial charge in [-0.25, -0.2) is 13.1 Å². The van der Waals surface area contributed by atoms with E-state index in [1.165, 1.54) is 12.3 Å². The first-order chi connectivity index (χ1) is 8.18. The molecule has 0 spiro atoms. The number of morpholine rings is 1. The molecular formula is C9H16N4O3S. The maximum Gasteiger partial charge on any atom is 0.257 e. The highest BCUT2D eigenvalue weighted by molar-refractivity contribution is 7.89. The average molecular weight is 260 g/mol. The zero-order chi connectivity index (χ0) is 12.1. The summed E-state index contributed by atoms with van der Waals surface area (Å²) in [6.45, 7) is 4.22. The van der Waals surface area contributed by atoms with Crippen molar-refractivity contribution in [2.75, 3.05) is 39.4 Å². The number of aromatic nitrogens is 2. The van der Waals surface area contributed by atoms with Crippen LogP contribution in [0.3, 0.4) is 0 Å². The number of nitrogens with zero attached hydrogens (tertiary/aromatic N) is 2. The smallest absolute Gasteiger partial charge is 0.257 e. The molecule has 1 fully saturated rings. The van der Waals surface area contributed by atoms with Crippen LogP contribution < -0.4 is 4.72 Å². The molecule has 0 amide bonds. The van der Waals surface area contributed by atoms with Gasteiger partial charge in [0.05, 0.1) is 19.4 Å². The monoisotopic (exact) mass is 260 g/mol. The van der Waals surface area contributed by atoms with Gasteiger partial charge in [0, 0.05) is 26.2 Å². The maximum absolute atomic E-state index is 11.7. The van der Waals surface area contributed by atoms with E-state index in [-0.39, 0.29) is 5.03 Å². The van der Waals surface area contributed by atoms with Crippen LogP contribution in [0.2, 0.25) is 0 Å². The Morgan fingerprint density at radius 1 is 1.47 bits per heavy atom. The van der Waals surface area contributed by atoms with Gasteiger partial charge in [-0.2, -0.15) is 5.10 Å². The minimum absolute atomic E-state index is 0.0967. The van der Waals surface area contributed by atoms with Crippen LogP contribution in [-0.2, 0) is 14.8 Å². The lowest BCUT2D eigenvalue weighted by atomic mass is 10.4. The molecule has 0 atom stereocenters. The summed E-state index contributed by atoms with van der Waals surface area (Å²) in [5, 5.41) is 6.14. The summed E-state index contributed by atoms with van der Waals surface area (Å²) < 4.78 is 31.2. The standard InChI is InChI=1S/C9H16N4O3S/c14-17(15,9-1-2-10-12-9)11-3-4-13-5-7-16-8-6-13/h1-2,11H,3-8H2,(H,10,12). The Hall–Kier alpha value is -0.960. The highest BCUT2D eigenvalue weighted by Gasteiger charge is 2.16. The van der Waals surface area contributed by atoms with Crippen molar-refractivity contribution in [1.29, 1.82) is 0 Å². The van der Waals surface area contributed by atoms with Gasteiger partial charge in [0.25, 0.3) is 10.0 Å². The number of hydrogen-bond acceptors (Lipinski definition) is 5. The third-order valence-corrected chi connectivity index (χ3v) is 3.98. The number of H-pyrrole nitrogens is 1. The molecule has 1 aromatic heterocycles. The first-order valence-electron chi connectivity index (χ1n) is 5.47. The van der Waals surface area contributed by atoms with Crippen LogP contribution in [0.5, 0.6) is 0 Å². The van der Waals surface area contributed by atoms with Gasteiger partial charge in [0.1, 0.15) is 0 Å². The maximum atomic E-state index is 11.7. The average Bonchev–Trinajstić information content (AvgIpc) is 2.84. The highest BCUT2D eigenvalue weighted by atomic mass is 32.2. The van der Waals surface area contributed by atoms with Crippen LogP contribution in [0.4, 0.5) is 0 Å². The second-order valence-electron chi connectivity index (χ2n) is 3.77. The Morgan fingerprint density at radius 3 is 2.88 bits per heavy atom.